The first-order valence-corrected chi connectivity index (χ1v) is 7.07. The Morgan fingerprint density at radius 2 is 2.26 bits per heavy atom. The van der Waals surface area contributed by atoms with E-state index in [1.807, 2.05) is 12.1 Å². The Morgan fingerprint density at radius 3 is 3.05 bits per heavy atom. The second kappa shape index (κ2) is 5.02. The molecule has 2 aliphatic rings. The normalized spacial score (nSPS) is 26.3. The van der Waals surface area contributed by atoms with Gasteiger partial charge in [0.1, 0.15) is 5.84 Å². The minimum atomic E-state index is 0.0681. The molecule has 2 unspecified atom stereocenters. The van der Waals surface area contributed by atoms with Gasteiger partial charge in [-0.25, -0.2) is 0 Å². The molecule has 1 aliphatic carbocycles. The second-order valence-corrected chi connectivity index (χ2v) is 5.61. The fourth-order valence-corrected chi connectivity index (χ4v) is 3.37. The molecule has 2 fully saturated rings. The number of halogens is 1. The molecule has 0 spiro atoms. The minimum absolute atomic E-state index is 0.0681. The van der Waals surface area contributed by atoms with Crippen LogP contribution in [0.2, 0.25) is 5.02 Å². The Labute approximate surface area is 118 Å². The predicted molar refractivity (Wildman–Crippen MR) is 77.2 cm³/mol. The van der Waals surface area contributed by atoms with E-state index >= 15 is 0 Å². The van der Waals surface area contributed by atoms with Crippen LogP contribution in [0.25, 0.3) is 0 Å². The second-order valence-electron chi connectivity index (χ2n) is 5.18. The number of nitrogen functional groups attached to an aromatic ring is 1. The van der Waals surface area contributed by atoms with E-state index in [2.05, 4.69) is 4.90 Å². The number of amidine groups is 1. The van der Waals surface area contributed by atoms with E-state index in [0.717, 1.165) is 37.2 Å². The van der Waals surface area contributed by atoms with E-state index in [1.54, 1.807) is 6.07 Å². The number of nitrogens with one attached hydrogen (secondary N) is 1. The zero-order valence-electron chi connectivity index (χ0n) is 10.7. The first-order chi connectivity index (χ1) is 9.16. The first kappa shape index (κ1) is 12.8. The molecule has 5 heteroatoms. The van der Waals surface area contributed by atoms with Crippen molar-refractivity contribution in [3.05, 3.63) is 28.8 Å². The van der Waals surface area contributed by atoms with Crippen molar-refractivity contribution < 1.29 is 4.74 Å². The Balaban J connectivity index is 1.98. The Kier molecular flexibility index (Phi) is 3.37. The average molecular weight is 280 g/mol. The maximum Gasteiger partial charge on any atom is 0.124 e. The van der Waals surface area contributed by atoms with E-state index < -0.39 is 0 Å². The fourth-order valence-electron chi connectivity index (χ4n) is 3.20. The largest absolute Gasteiger partial charge is 0.384 e. The zero-order chi connectivity index (χ0) is 13.4. The van der Waals surface area contributed by atoms with Crippen LogP contribution in [0.5, 0.6) is 0 Å². The van der Waals surface area contributed by atoms with E-state index in [0.29, 0.717) is 17.2 Å². The standard InChI is InChI=1S/C14H18ClN3O/c15-9-4-5-11(10(8-9)14(16)17)18-6-7-19-13-3-1-2-12(13)18/h4-5,8,12-13H,1-3,6-7H2,(H3,16,17). The van der Waals surface area contributed by atoms with Crippen LogP contribution < -0.4 is 10.6 Å². The molecule has 4 nitrogen and oxygen atoms in total. The van der Waals surface area contributed by atoms with Crippen molar-refractivity contribution in [2.24, 2.45) is 5.73 Å². The highest BCUT2D eigenvalue weighted by atomic mass is 35.5. The van der Waals surface area contributed by atoms with E-state index in [4.69, 9.17) is 27.5 Å². The van der Waals surface area contributed by atoms with Crippen molar-refractivity contribution >= 4 is 23.1 Å². The molecular weight excluding hydrogens is 262 g/mol. The molecule has 0 radical (unpaired) electrons. The lowest BCUT2D eigenvalue weighted by Crippen LogP contribution is -2.49. The lowest BCUT2D eigenvalue weighted by molar-refractivity contribution is 0.0256. The SMILES string of the molecule is N=C(N)c1cc(Cl)ccc1N1CCOC2CCCC21. The third-order valence-electron chi connectivity index (χ3n) is 4.04. The summed E-state index contributed by atoms with van der Waals surface area (Å²) in [6.45, 7) is 1.59. The molecule has 3 rings (SSSR count). The van der Waals surface area contributed by atoms with Crippen molar-refractivity contribution in [1.82, 2.24) is 0 Å². The number of benzene rings is 1. The summed E-state index contributed by atoms with van der Waals surface area (Å²) in [4.78, 5) is 2.34. The topological polar surface area (TPSA) is 62.3 Å². The van der Waals surface area contributed by atoms with Gasteiger partial charge in [0.2, 0.25) is 0 Å². The molecule has 1 saturated heterocycles. The van der Waals surface area contributed by atoms with Crippen LogP contribution >= 0.6 is 11.6 Å². The maximum atomic E-state index is 7.74. The van der Waals surface area contributed by atoms with Gasteiger partial charge in [0.05, 0.1) is 18.8 Å². The lowest BCUT2D eigenvalue weighted by atomic mass is 10.1. The van der Waals surface area contributed by atoms with Crippen LogP contribution in [0.3, 0.4) is 0 Å². The summed E-state index contributed by atoms with van der Waals surface area (Å²) in [6.07, 6.45) is 3.80. The number of hydrogen-bond acceptors (Lipinski definition) is 3. The van der Waals surface area contributed by atoms with Crippen LogP contribution in [0.4, 0.5) is 5.69 Å². The Morgan fingerprint density at radius 1 is 1.42 bits per heavy atom. The zero-order valence-corrected chi connectivity index (χ0v) is 11.5. The van der Waals surface area contributed by atoms with Crippen molar-refractivity contribution in [2.45, 2.75) is 31.4 Å². The summed E-state index contributed by atoms with van der Waals surface area (Å²) in [5.41, 5.74) is 7.43. The number of fused-ring (bicyclic) bond motifs is 1. The average Bonchev–Trinajstić information content (AvgIpc) is 2.86. The molecule has 102 valence electrons. The van der Waals surface area contributed by atoms with Gasteiger partial charge in [0.25, 0.3) is 0 Å². The number of rotatable bonds is 2. The van der Waals surface area contributed by atoms with Crippen LogP contribution in [0.1, 0.15) is 24.8 Å². The number of anilines is 1. The highest BCUT2D eigenvalue weighted by Gasteiger charge is 2.36. The molecule has 1 aliphatic heterocycles. The van der Waals surface area contributed by atoms with Gasteiger partial charge in [0, 0.05) is 22.8 Å². The summed E-state index contributed by atoms with van der Waals surface area (Å²) < 4.78 is 5.83. The molecule has 1 aromatic carbocycles. The molecule has 3 N–H and O–H groups in total. The van der Waals surface area contributed by atoms with Gasteiger partial charge < -0.3 is 15.4 Å². The summed E-state index contributed by atoms with van der Waals surface area (Å²) in [7, 11) is 0. The molecule has 1 aromatic rings. The molecular formula is C14H18ClN3O. The Bertz CT molecular complexity index is 505. The number of morpholine rings is 1. The van der Waals surface area contributed by atoms with Crippen LogP contribution in [-0.2, 0) is 4.74 Å². The van der Waals surface area contributed by atoms with Gasteiger partial charge >= 0.3 is 0 Å². The van der Waals surface area contributed by atoms with Gasteiger partial charge in [-0.05, 0) is 37.5 Å². The molecule has 1 saturated carbocycles. The first-order valence-electron chi connectivity index (χ1n) is 6.69. The fraction of sp³-hybridized carbons (Fsp3) is 0.500. The molecule has 19 heavy (non-hydrogen) atoms. The lowest BCUT2D eigenvalue weighted by Gasteiger charge is -2.40. The van der Waals surface area contributed by atoms with Crippen molar-refractivity contribution in [3.63, 3.8) is 0 Å². The van der Waals surface area contributed by atoms with Crippen molar-refractivity contribution in [1.29, 1.82) is 5.41 Å². The minimum Gasteiger partial charge on any atom is -0.384 e. The van der Waals surface area contributed by atoms with Gasteiger partial charge in [-0.2, -0.15) is 0 Å². The van der Waals surface area contributed by atoms with E-state index in [1.165, 1.54) is 6.42 Å². The van der Waals surface area contributed by atoms with Gasteiger partial charge in [-0.1, -0.05) is 11.6 Å². The monoisotopic (exact) mass is 279 g/mol. The number of ether oxygens (including phenoxy) is 1. The molecule has 0 amide bonds. The van der Waals surface area contributed by atoms with Crippen LogP contribution in [-0.4, -0.2) is 31.1 Å². The molecule has 2 atom stereocenters. The van der Waals surface area contributed by atoms with Crippen LogP contribution in [0, 0.1) is 5.41 Å². The highest BCUT2D eigenvalue weighted by Crippen LogP contribution is 2.35. The summed E-state index contributed by atoms with van der Waals surface area (Å²) in [5, 5.41) is 8.36. The third-order valence-corrected chi connectivity index (χ3v) is 4.28. The smallest absolute Gasteiger partial charge is 0.124 e. The van der Waals surface area contributed by atoms with E-state index in [-0.39, 0.29) is 5.84 Å². The molecule has 0 bridgehead atoms. The third kappa shape index (κ3) is 2.30. The van der Waals surface area contributed by atoms with Gasteiger partial charge in [-0.3, -0.25) is 5.41 Å². The molecule has 0 aromatic heterocycles. The van der Waals surface area contributed by atoms with Crippen LogP contribution in [0.15, 0.2) is 18.2 Å². The maximum absolute atomic E-state index is 7.74. The summed E-state index contributed by atoms with van der Waals surface area (Å²) in [5.74, 6) is 0.0681. The highest BCUT2D eigenvalue weighted by molar-refractivity contribution is 6.31. The molecule has 1 heterocycles. The summed E-state index contributed by atoms with van der Waals surface area (Å²) in [6, 6.07) is 6.02. The van der Waals surface area contributed by atoms with Crippen molar-refractivity contribution in [3.8, 4) is 0 Å². The predicted octanol–water partition coefficient (Wildman–Crippen LogP) is 2.38. The quantitative estimate of drug-likeness (QED) is 0.645. The van der Waals surface area contributed by atoms with Crippen molar-refractivity contribution in [2.75, 3.05) is 18.1 Å². The van der Waals surface area contributed by atoms with E-state index in [9.17, 15) is 0 Å². The Hall–Kier alpha value is -1.26. The van der Waals surface area contributed by atoms with Gasteiger partial charge in [0.15, 0.2) is 0 Å². The summed E-state index contributed by atoms with van der Waals surface area (Å²) >= 11 is 6.02. The number of hydrogen-bond donors (Lipinski definition) is 2. The number of nitrogens with two attached hydrogens (primary N) is 1. The van der Waals surface area contributed by atoms with Gasteiger partial charge in [-0.15, -0.1) is 0 Å². The number of nitrogens with zero attached hydrogens (tertiary/aromatic N) is 1.